The Balaban J connectivity index is 2.00. The number of amides is 1. The molecule has 2 atom stereocenters. The molecule has 0 saturated carbocycles. The van der Waals surface area contributed by atoms with Crippen molar-refractivity contribution in [3.63, 3.8) is 0 Å². The first-order valence-corrected chi connectivity index (χ1v) is 5.17. The van der Waals surface area contributed by atoms with Crippen molar-refractivity contribution in [1.29, 1.82) is 5.26 Å². The molecule has 1 fully saturated rings. The second kappa shape index (κ2) is 4.82. The van der Waals surface area contributed by atoms with Gasteiger partial charge in [-0.05, 0) is 24.3 Å². The van der Waals surface area contributed by atoms with Crippen molar-refractivity contribution in [2.24, 2.45) is 0 Å². The van der Waals surface area contributed by atoms with Crippen LogP contribution in [-0.2, 0) is 4.79 Å². The van der Waals surface area contributed by atoms with Gasteiger partial charge in [0.25, 0.3) is 0 Å². The maximum atomic E-state index is 11.2. The van der Waals surface area contributed by atoms with E-state index in [0.717, 1.165) is 5.69 Å². The second-order valence-electron chi connectivity index (χ2n) is 3.72. The predicted octanol–water partition coefficient (Wildman–Crippen LogP) is -0.318. The molecule has 0 aromatic heterocycles. The van der Waals surface area contributed by atoms with Gasteiger partial charge in [0.2, 0.25) is 5.91 Å². The summed E-state index contributed by atoms with van der Waals surface area (Å²) in [6.07, 6.45) is -1.32. The molecule has 1 aliphatic rings. The zero-order valence-electron chi connectivity index (χ0n) is 8.97. The highest BCUT2D eigenvalue weighted by molar-refractivity contribution is 5.77. The van der Waals surface area contributed by atoms with Crippen LogP contribution in [0.25, 0.3) is 0 Å². The summed E-state index contributed by atoms with van der Waals surface area (Å²) in [4.78, 5) is 11.2. The molecule has 0 spiro atoms. The van der Waals surface area contributed by atoms with Gasteiger partial charge in [0.05, 0.1) is 18.1 Å². The Hall–Kier alpha value is -2.10. The van der Waals surface area contributed by atoms with Gasteiger partial charge in [-0.2, -0.15) is 5.26 Å². The quantitative estimate of drug-likeness (QED) is 0.560. The van der Waals surface area contributed by atoms with Crippen LogP contribution in [0.4, 0.5) is 5.69 Å². The molecule has 6 heteroatoms. The largest absolute Gasteiger partial charge is 0.378 e. The molecule has 1 aromatic rings. The summed E-state index contributed by atoms with van der Waals surface area (Å²) in [5.74, 6) is -0.220. The lowest BCUT2D eigenvalue weighted by Crippen LogP contribution is -2.59. The lowest BCUT2D eigenvalue weighted by atomic mass is 10.2. The van der Waals surface area contributed by atoms with E-state index in [1.54, 1.807) is 24.3 Å². The van der Waals surface area contributed by atoms with Crippen molar-refractivity contribution in [3.05, 3.63) is 29.8 Å². The molecule has 4 N–H and O–H groups in total. The van der Waals surface area contributed by atoms with Crippen LogP contribution in [0.15, 0.2) is 24.3 Å². The van der Waals surface area contributed by atoms with E-state index in [2.05, 4.69) is 16.0 Å². The molecule has 0 bridgehead atoms. The minimum Gasteiger partial charge on any atom is -0.378 e. The van der Waals surface area contributed by atoms with E-state index in [1.807, 2.05) is 6.07 Å². The Labute approximate surface area is 98.2 Å². The van der Waals surface area contributed by atoms with E-state index in [4.69, 9.17) is 5.26 Å². The standard InChI is InChI=1S/C11H12N4O2/c12-6-7-1-3-8(4-2-7)13-11-14-9(16)5-10(17)15-11/h1-4,9,11,13-14,16H,5H2,(H,15,17). The molecule has 2 unspecified atom stereocenters. The van der Waals surface area contributed by atoms with E-state index >= 15 is 0 Å². The molecule has 1 saturated heterocycles. The van der Waals surface area contributed by atoms with Crippen LogP contribution in [0.5, 0.6) is 0 Å². The maximum Gasteiger partial charge on any atom is 0.226 e. The number of anilines is 1. The summed E-state index contributed by atoms with van der Waals surface area (Å²) in [5, 5.41) is 26.4. The molecule has 1 aliphatic heterocycles. The average Bonchev–Trinajstić information content (AvgIpc) is 2.28. The Bertz CT molecular complexity index is 452. The van der Waals surface area contributed by atoms with Gasteiger partial charge >= 0.3 is 0 Å². The van der Waals surface area contributed by atoms with Crippen molar-refractivity contribution < 1.29 is 9.90 Å². The minimum absolute atomic E-state index is 0.0472. The topological polar surface area (TPSA) is 97.2 Å². The number of nitriles is 1. The number of aliphatic hydroxyl groups excluding tert-OH is 1. The van der Waals surface area contributed by atoms with E-state index in [-0.39, 0.29) is 12.3 Å². The Morgan fingerprint density at radius 3 is 2.71 bits per heavy atom. The number of carbonyl (C=O) groups excluding carboxylic acids is 1. The smallest absolute Gasteiger partial charge is 0.226 e. The number of nitrogens with zero attached hydrogens (tertiary/aromatic N) is 1. The first-order valence-electron chi connectivity index (χ1n) is 5.17. The predicted molar refractivity (Wildman–Crippen MR) is 60.5 cm³/mol. The second-order valence-corrected chi connectivity index (χ2v) is 3.72. The van der Waals surface area contributed by atoms with Crippen LogP contribution in [0.1, 0.15) is 12.0 Å². The molecule has 1 heterocycles. The molecular formula is C11H12N4O2. The molecule has 88 valence electrons. The van der Waals surface area contributed by atoms with Gasteiger partial charge < -0.3 is 15.7 Å². The van der Waals surface area contributed by atoms with Crippen molar-refractivity contribution in [1.82, 2.24) is 10.6 Å². The number of benzene rings is 1. The summed E-state index contributed by atoms with van der Waals surface area (Å²) in [5.41, 5.74) is 1.31. The lowest BCUT2D eigenvalue weighted by molar-refractivity contribution is -0.127. The third-order valence-corrected chi connectivity index (χ3v) is 2.37. The van der Waals surface area contributed by atoms with E-state index < -0.39 is 12.5 Å². The van der Waals surface area contributed by atoms with E-state index in [9.17, 15) is 9.90 Å². The average molecular weight is 232 g/mol. The van der Waals surface area contributed by atoms with Crippen molar-refractivity contribution in [2.75, 3.05) is 5.32 Å². The van der Waals surface area contributed by atoms with Crippen LogP contribution in [0.3, 0.4) is 0 Å². The number of hydrogen-bond donors (Lipinski definition) is 4. The number of rotatable bonds is 2. The maximum absolute atomic E-state index is 11.2. The van der Waals surface area contributed by atoms with Crippen molar-refractivity contribution >= 4 is 11.6 Å². The summed E-state index contributed by atoms with van der Waals surface area (Å²) in [6.45, 7) is 0. The highest BCUT2D eigenvalue weighted by Gasteiger charge is 2.23. The molecule has 1 amide bonds. The number of carbonyl (C=O) groups is 1. The zero-order valence-corrected chi connectivity index (χ0v) is 8.97. The SMILES string of the molecule is N#Cc1ccc(NC2NC(=O)CC(O)N2)cc1. The number of nitrogens with one attached hydrogen (secondary N) is 3. The van der Waals surface area contributed by atoms with Crippen LogP contribution in [0.2, 0.25) is 0 Å². The van der Waals surface area contributed by atoms with Gasteiger partial charge in [-0.15, -0.1) is 0 Å². The van der Waals surface area contributed by atoms with Crippen molar-refractivity contribution in [3.8, 4) is 6.07 Å². The third kappa shape index (κ3) is 2.93. The summed E-state index contributed by atoms with van der Waals surface area (Å²) >= 11 is 0. The van der Waals surface area contributed by atoms with Gasteiger partial charge in [-0.25, -0.2) is 0 Å². The van der Waals surface area contributed by atoms with Crippen LogP contribution in [0, 0.1) is 11.3 Å². The van der Waals surface area contributed by atoms with Gasteiger partial charge in [0, 0.05) is 5.69 Å². The lowest BCUT2D eigenvalue weighted by Gasteiger charge is -2.29. The first-order chi connectivity index (χ1) is 8.17. The number of hydrogen-bond acceptors (Lipinski definition) is 5. The molecule has 0 aliphatic carbocycles. The van der Waals surface area contributed by atoms with Gasteiger partial charge in [-0.1, -0.05) is 0 Å². The Morgan fingerprint density at radius 1 is 1.41 bits per heavy atom. The molecule has 17 heavy (non-hydrogen) atoms. The van der Waals surface area contributed by atoms with E-state index in [0.29, 0.717) is 5.56 Å². The van der Waals surface area contributed by atoms with E-state index in [1.165, 1.54) is 0 Å². The minimum atomic E-state index is -0.848. The van der Waals surface area contributed by atoms with Crippen molar-refractivity contribution in [2.45, 2.75) is 18.9 Å². The summed E-state index contributed by atoms with van der Waals surface area (Å²) < 4.78 is 0. The monoisotopic (exact) mass is 232 g/mol. The highest BCUT2D eigenvalue weighted by Crippen LogP contribution is 2.10. The fourth-order valence-electron chi connectivity index (χ4n) is 1.57. The summed E-state index contributed by atoms with van der Waals surface area (Å²) in [6, 6.07) is 8.82. The highest BCUT2D eigenvalue weighted by atomic mass is 16.3. The normalized spacial score (nSPS) is 23.6. The van der Waals surface area contributed by atoms with Crippen LogP contribution < -0.4 is 16.0 Å². The molecule has 1 aromatic carbocycles. The fraction of sp³-hybridized carbons (Fsp3) is 0.273. The summed E-state index contributed by atoms with van der Waals surface area (Å²) in [7, 11) is 0. The fourth-order valence-corrected chi connectivity index (χ4v) is 1.57. The molecular weight excluding hydrogens is 220 g/mol. The van der Waals surface area contributed by atoms with Gasteiger partial charge in [-0.3, -0.25) is 10.1 Å². The molecule has 2 rings (SSSR count). The number of aliphatic hydroxyl groups is 1. The Kier molecular flexibility index (Phi) is 3.23. The third-order valence-electron chi connectivity index (χ3n) is 2.37. The van der Waals surface area contributed by atoms with Crippen LogP contribution in [-0.4, -0.2) is 23.5 Å². The first kappa shape index (κ1) is 11.4. The zero-order chi connectivity index (χ0) is 12.3. The van der Waals surface area contributed by atoms with Gasteiger partial charge in [0.15, 0.2) is 6.29 Å². The van der Waals surface area contributed by atoms with Gasteiger partial charge in [0.1, 0.15) is 6.23 Å². The Morgan fingerprint density at radius 2 is 2.12 bits per heavy atom. The molecule has 0 radical (unpaired) electrons. The van der Waals surface area contributed by atoms with Crippen LogP contribution >= 0.6 is 0 Å². The molecule has 6 nitrogen and oxygen atoms in total.